The maximum absolute atomic E-state index is 5.93. The lowest BCUT2D eigenvalue weighted by molar-refractivity contribution is -0.0819. The average Bonchev–Trinajstić information content (AvgIpc) is 2.68. The molecule has 1 heterocycles. The van der Waals surface area contributed by atoms with E-state index in [1.807, 2.05) is 31.4 Å². The summed E-state index contributed by atoms with van der Waals surface area (Å²) >= 11 is 0. The molecule has 1 unspecified atom stereocenters. The summed E-state index contributed by atoms with van der Waals surface area (Å²) < 4.78 is 11.4. The van der Waals surface area contributed by atoms with Crippen molar-refractivity contribution in [1.29, 1.82) is 0 Å². The van der Waals surface area contributed by atoms with Crippen molar-refractivity contribution in [3.63, 3.8) is 0 Å². The Kier molecular flexibility index (Phi) is 8.88. The summed E-state index contributed by atoms with van der Waals surface area (Å²) in [7, 11) is 3.64. The first-order valence-electron chi connectivity index (χ1n) is 9.31. The van der Waals surface area contributed by atoms with Gasteiger partial charge in [-0.05, 0) is 33.4 Å². The van der Waals surface area contributed by atoms with Crippen LogP contribution in [0.1, 0.15) is 34.1 Å². The first-order valence-corrected chi connectivity index (χ1v) is 9.31. The van der Waals surface area contributed by atoms with Crippen molar-refractivity contribution in [2.24, 2.45) is 5.10 Å². The van der Waals surface area contributed by atoms with Crippen molar-refractivity contribution in [3.8, 4) is 0 Å². The molecule has 1 atom stereocenters. The van der Waals surface area contributed by atoms with Gasteiger partial charge in [-0.1, -0.05) is 20.1 Å². The van der Waals surface area contributed by atoms with E-state index in [2.05, 4.69) is 48.8 Å². The molecule has 148 valence electrons. The molecule has 0 bridgehead atoms. The van der Waals surface area contributed by atoms with E-state index >= 15 is 0 Å². The first kappa shape index (κ1) is 22.3. The van der Waals surface area contributed by atoms with E-state index in [1.165, 1.54) is 0 Å². The molecule has 1 fully saturated rings. The van der Waals surface area contributed by atoms with Crippen LogP contribution >= 0.6 is 0 Å². The average molecular weight is 365 g/mol. The third kappa shape index (κ3) is 4.89. The summed E-state index contributed by atoms with van der Waals surface area (Å²) in [6.45, 7) is 20.5. The van der Waals surface area contributed by atoms with E-state index in [-0.39, 0.29) is 0 Å². The minimum Gasteiger partial charge on any atom is -0.378 e. The lowest BCUT2D eigenvalue weighted by atomic mass is 10.0. The standard InChI is InChI=1S/C20H36N4O2/c1-9-12-21-22(7)20(6,25-8)17(4)19(23(10-2)11-3)18(5)24-13-15-26-16-14-24/h10,12H,2,5,9,11,13-16H2,1,3-4,6-8H3/b19-17-,21-12-. The van der Waals surface area contributed by atoms with Crippen molar-refractivity contribution < 1.29 is 9.47 Å². The summed E-state index contributed by atoms with van der Waals surface area (Å²) in [4.78, 5) is 4.38. The summed E-state index contributed by atoms with van der Waals surface area (Å²) in [6.07, 6.45) is 4.59. The van der Waals surface area contributed by atoms with Crippen LogP contribution in [0.2, 0.25) is 0 Å². The Labute approximate surface area is 159 Å². The lowest BCUT2D eigenvalue weighted by Gasteiger charge is -2.41. The van der Waals surface area contributed by atoms with Crippen molar-refractivity contribution in [3.05, 3.63) is 36.3 Å². The van der Waals surface area contributed by atoms with Gasteiger partial charge in [0, 0.05) is 45.6 Å². The molecule has 6 nitrogen and oxygen atoms in total. The topological polar surface area (TPSA) is 40.5 Å². The zero-order chi connectivity index (χ0) is 19.7. The van der Waals surface area contributed by atoms with E-state index in [1.54, 1.807) is 7.11 Å². The first-order chi connectivity index (χ1) is 12.4. The third-order valence-corrected chi connectivity index (χ3v) is 5.02. The fourth-order valence-electron chi connectivity index (χ4n) is 3.02. The number of ether oxygens (including phenoxy) is 2. The molecule has 0 N–H and O–H groups in total. The van der Waals surface area contributed by atoms with E-state index in [9.17, 15) is 0 Å². The Morgan fingerprint density at radius 2 is 1.96 bits per heavy atom. The van der Waals surface area contributed by atoms with Crippen molar-refractivity contribution in [2.45, 2.75) is 39.8 Å². The molecule has 1 aliphatic heterocycles. The van der Waals surface area contributed by atoms with Crippen LogP contribution in [-0.4, -0.2) is 73.8 Å². The number of hydrogen-bond donors (Lipinski definition) is 0. The van der Waals surface area contributed by atoms with Crippen LogP contribution in [0.15, 0.2) is 41.4 Å². The monoisotopic (exact) mass is 364 g/mol. The van der Waals surface area contributed by atoms with Gasteiger partial charge in [-0.25, -0.2) is 0 Å². The third-order valence-electron chi connectivity index (χ3n) is 5.02. The van der Waals surface area contributed by atoms with Crippen LogP contribution in [0.5, 0.6) is 0 Å². The van der Waals surface area contributed by atoms with Gasteiger partial charge < -0.3 is 19.3 Å². The number of nitrogens with zero attached hydrogens (tertiary/aromatic N) is 4. The van der Waals surface area contributed by atoms with Crippen molar-refractivity contribution >= 4 is 6.21 Å². The van der Waals surface area contributed by atoms with E-state index < -0.39 is 5.72 Å². The van der Waals surface area contributed by atoms with E-state index in [0.717, 1.165) is 43.0 Å². The highest BCUT2D eigenvalue weighted by atomic mass is 16.5. The number of hydrazone groups is 1. The van der Waals surface area contributed by atoms with Gasteiger partial charge in [0.25, 0.3) is 0 Å². The van der Waals surface area contributed by atoms with Gasteiger partial charge >= 0.3 is 0 Å². The predicted octanol–water partition coefficient (Wildman–Crippen LogP) is 3.26. The minimum atomic E-state index is -0.702. The number of hydrogen-bond acceptors (Lipinski definition) is 6. The molecule has 0 aromatic rings. The Morgan fingerprint density at radius 3 is 2.42 bits per heavy atom. The maximum Gasteiger partial charge on any atom is 0.176 e. The number of morpholine rings is 1. The molecule has 0 amide bonds. The van der Waals surface area contributed by atoms with Gasteiger partial charge in [-0.15, -0.1) is 0 Å². The summed E-state index contributed by atoms with van der Waals surface area (Å²) in [6, 6.07) is 0. The quantitative estimate of drug-likeness (QED) is 0.258. The van der Waals surface area contributed by atoms with Gasteiger partial charge in [-0.3, -0.25) is 5.01 Å². The van der Waals surface area contributed by atoms with Gasteiger partial charge in [0.05, 0.1) is 24.6 Å². The van der Waals surface area contributed by atoms with Crippen LogP contribution in [-0.2, 0) is 9.47 Å². The number of rotatable bonds is 10. The molecule has 1 aliphatic rings. The van der Waals surface area contributed by atoms with Gasteiger partial charge in [0.15, 0.2) is 5.72 Å². The Bertz CT molecular complexity index is 538. The summed E-state index contributed by atoms with van der Waals surface area (Å²) in [5, 5.41) is 6.37. The Morgan fingerprint density at radius 1 is 1.35 bits per heavy atom. The second-order valence-electron chi connectivity index (χ2n) is 6.41. The molecule has 0 aromatic heterocycles. The molecule has 0 saturated carbocycles. The number of likely N-dealkylation sites (N-methyl/N-ethyl adjacent to an activating group) is 2. The largest absolute Gasteiger partial charge is 0.378 e. The maximum atomic E-state index is 5.93. The molecular weight excluding hydrogens is 328 g/mol. The Balaban J connectivity index is 3.41. The second kappa shape index (κ2) is 10.4. The van der Waals surface area contributed by atoms with Crippen LogP contribution in [0.4, 0.5) is 0 Å². The van der Waals surface area contributed by atoms with Crippen LogP contribution in [0, 0.1) is 0 Å². The molecule has 1 rings (SSSR count). The van der Waals surface area contributed by atoms with Gasteiger partial charge in [-0.2, -0.15) is 5.10 Å². The van der Waals surface area contributed by atoms with Crippen molar-refractivity contribution in [1.82, 2.24) is 14.8 Å². The molecule has 6 heteroatoms. The highest BCUT2D eigenvalue weighted by Crippen LogP contribution is 2.32. The summed E-state index contributed by atoms with van der Waals surface area (Å²) in [5.41, 5.74) is 2.32. The van der Waals surface area contributed by atoms with E-state index in [4.69, 9.17) is 9.47 Å². The minimum absolute atomic E-state index is 0.702. The summed E-state index contributed by atoms with van der Waals surface area (Å²) in [5.74, 6) is 0. The molecular formula is C20H36N4O2. The highest BCUT2D eigenvalue weighted by molar-refractivity contribution is 5.56. The van der Waals surface area contributed by atoms with Gasteiger partial charge in [0.2, 0.25) is 0 Å². The number of methoxy groups -OCH3 is 1. The molecule has 26 heavy (non-hydrogen) atoms. The van der Waals surface area contributed by atoms with Crippen LogP contribution < -0.4 is 0 Å². The molecule has 0 radical (unpaired) electrons. The predicted molar refractivity (Wildman–Crippen MR) is 109 cm³/mol. The Hall–Kier alpha value is -1.79. The normalized spacial score (nSPS) is 18.3. The van der Waals surface area contributed by atoms with Gasteiger partial charge in [0.1, 0.15) is 0 Å². The second-order valence-corrected chi connectivity index (χ2v) is 6.41. The zero-order valence-corrected chi connectivity index (χ0v) is 17.4. The van der Waals surface area contributed by atoms with Crippen molar-refractivity contribution in [2.75, 3.05) is 47.0 Å². The lowest BCUT2D eigenvalue weighted by Crippen LogP contribution is -2.46. The van der Waals surface area contributed by atoms with Crippen LogP contribution in [0.3, 0.4) is 0 Å². The van der Waals surface area contributed by atoms with E-state index in [0.29, 0.717) is 13.2 Å². The smallest absolute Gasteiger partial charge is 0.176 e. The zero-order valence-electron chi connectivity index (χ0n) is 17.4. The molecule has 0 aromatic carbocycles. The fraction of sp³-hybridized carbons (Fsp3) is 0.650. The fourth-order valence-corrected chi connectivity index (χ4v) is 3.02. The highest BCUT2D eigenvalue weighted by Gasteiger charge is 2.35. The van der Waals surface area contributed by atoms with Crippen LogP contribution in [0.25, 0.3) is 0 Å². The molecule has 0 spiro atoms. The SMILES string of the molecule is C=CN(CC)/C(C(=C)N1CCOCC1)=C(/C)C(C)(OC)N(C)/N=C\CC. The molecule has 1 saturated heterocycles. The molecule has 0 aliphatic carbocycles.